The van der Waals surface area contributed by atoms with Gasteiger partial charge in [0.1, 0.15) is 0 Å². The van der Waals surface area contributed by atoms with Gasteiger partial charge in [0.25, 0.3) is 0 Å². The minimum atomic E-state index is -3.15. The number of rotatable bonds is 5. The highest BCUT2D eigenvalue weighted by Gasteiger charge is 2.21. The molecule has 1 aliphatic heterocycles. The van der Waals surface area contributed by atoms with E-state index in [2.05, 4.69) is 45.5 Å². The number of aliphatic imine (C=N–C) groups is 1. The number of piperidine rings is 1. The molecule has 1 heterocycles. The number of nitrogens with one attached hydrogen (secondary N) is 1. The van der Waals surface area contributed by atoms with E-state index < -0.39 is 9.84 Å². The topological polar surface area (TPSA) is 61.8 Å². The fourth-order valence-electron chi connectivity index (χ4n) is 3.66. The van der Waals surface area contributed by atoms with Crippen molar-refractivity contribution in [3.8, 4) is 0 Å². The molecule has 6 heteroatoms. The predicted molar refractivity (Wildman–Crippen MR) is 114 cm³/mol. The maximum atomic E-state index is 11.6. The van der Waals surface area contributed by atoms with Crippen LogP contribution in [-0.2, 0) is 22.8 Å². The first-order valence-corrected chi connectivity index (χ1v) is 11.6. The lowest BCUT2D eigenvalue weighted by atomic mass is 9.90. The monoisotopic (exact) mass is 399 g/mol. The molecule has 1 N–H and O–H groups in total. The summed E-state index contributed by atoms with van der Waals surface area (Å²) in [7, 11) is -1.34. The zero-order valence-electron chi connectivity index (χ0n) is 16.6. The largest absolute Gasteiger partial charge is 0.352 e. The van der Waals surface area contributed by atoms with E-state index in [0.717, 1.165) is 37.0 Å². The molecular formula is C22H29N3O2S. The van der Waals surface area contributed by atoms with Gasteiger partial charge in [-0.2, -0.15) is 0 Å². The van der Waals surface area contributed by atoms with Crippen LogP contribution in [0.25, 0.3) is 0 Å². The van der Waals surface area contributed by atoms with Gasteiger partial charge in [0.05, 0.1) is 4.90 Å². The summed E-state index contributed by atoms with van der Waals surface area (Å²) in [5.74, 6) is 1.63. The van der Waals surface area contributed by atoms with E-state index >= 15 is 0 Å². The number of hydrogen-bond acceptors (Lipinski definition) is 3. The van der Waals surface area contributed by atoms with Crippen LogP contribution in [0.1, 0.15) is 24.0 Å². The molecule has 0 amide bonds. The molecule has 0 aromatic heterocycles. The molecule has 0 spiro atoms. The second-order valence-electron chi connectivity index (χ2n) is 7.44. The van der Waals surface area contributed by atoms with Crippen LogP contribution >= 0.6 is 0 Å². The molecule has 0 radical (unpaired) electrons. The van der Waals surface area contributed by atoms with Crippen molar-refractivity contribution < 1.29 is 8.42 Å². The van der Waals surface area contributed by atoms with Gasteiger partial charge in [0.15, 0.2) is 15.8 Å². The van der Waals surface area contributed by atoms with Crippen LogP contribution in [0, 0.1) is 5.92 Å². The van der Waals surface area contributed by atoms with Gasteiger partial charge in [-0.1, -0.05) is 42.5 Å². The summed E-state index contributed by atoms with van der Waals surface area (Å²) >= 11 is 0. The maximum Gasteiger partial charge on any atom is 0.193 e. The standard InChI is InChI=1S/C22H29N3O2S/c1-23-22(24-17-20-8-10-21(11-9-20)28(2,26)27)25-14-12-19(13-15-25)16-18-6-4-3-5-7-18/h3-11,19H,12-17H2,1-2H3,(H,23,24). The number of nitrogens with zero attached hydrogens (tertiary/aromatic N) is 2. The minimum absolute atomic E-state index is 0.348. The lowest BCUT2D eigenvalue weighted by Gasteiger charge is -2.34. The van der Waals surface area contributed by atoms with Crippen molar-refractivity contribution in [1.29, 1.82) is 0 Å². The van der Waals surface area contributed by atoms with Gasteiger partial charge in [-0.25, -0.2) is 8.42 Å². The van der Waals surface area contributed by atoms with Gasteiger partial charge < -0.3 is 10.2 Å². The number of guanidine groups is 1. The zero-order valence-corrected chi connectivity index (χ0v) is 17.5. The predicted octanol–water partition coefficient (Wildman–Crippen LogP) is 3.12. The van der Waals surface area contributed by atoms with Crippen molar-refractivity contribution in [2.75, 3.05) is 26.4 Å². The van der Waals surface area contributed by atoms with E-state index in [-0.39, 0.29) is 0 Å². The summed E-state index contributed by atoms with van der Waals surface area (Å²) < 4.78 is 23.1. The molecule has 0 bridgehead atoms. The van der Waals surface area contributed by atoms with Gasteiger partial charge in [-0.15, -0.1) is 0 Å². The van der Waals surface area contributed by atoms with Crippen LogP contribution in [0.4, 0.5) is 0 Å². The van der Waals surface area contributed by atoms with Crippen LogP contribution in [0.15, 0.2) is 64.5 Å². The average Bonchev–Trinajstić information content (AvgIpc) is 2.70. The van der Waals surface area contributed by atoms with Crippen LogP contribution in [0.3, 0.4) is 0 Å². The van der Waals surface area contributed by atoms with E-state index in [0.29, 0.717) is 11.4 Å². The van der Waals surface area contributed by atoms with E-state index in [1.165, 1.54) is 24.7 Å². The number of hydrogen-bond donors (Lipinski definition) is 1. The molecule has 150 valence electrons. The molecule has 5 nitrogen and oxygen atoms in total. The average molecular weight is 400 g/mol. The summed E-state index contributed by atoms with van der Waals surface area (Å²) in [6, 6.07) is 17.7. The van der Waals surface area contributed by atoms with E-state index in [4.69, 9.17) is 0 Å². The van der Waals surface area contributed by atoms with Gasteiger partial charge >= 0.3 is 0 Å². The third-order valence-electron chi connectivity index (χ3n) is 5.30. The molecule has 0 aliphatic carbocycles. The quantitative estimate of drug-likeness (QED) is 0.620. The second kappa shape index (κ2) is 9.24. The number of sulfone groups is 1. The van der Waals surface area contributed by atoms with Crippen molar-refractivity contribution in [1.82, 2.24) is 10.2 Å². The van der Waals surface area contributed by atoms with Crippen molar-refractivity contribution >= 4 is 15.8 Å². The highest BCUT2D eigenvalue weighted by molar-refractivity contribution is 7.90. The molecule has 1 saturated heterocycles. The molecule has 0 atom stereocenters. The molecule has 2 aromatic rings. The summed E-state index contributed by atoms with van der Waals surface area (Å²) in [6.07, 6.45) is 4.70. The molecular weight excluding hydrogens is 370 g/mol. The van der Waals surface area contributed by atoms with E-state index in [1.807, 2.05) is 19.2 Å². The van der Waals surface area contributed by atoms with Crippen LogP contribution < -0.4 is 5.32 Å². The first-order valence-electron chi connectivity index (χ1n) is 9.74. The van der Waals surface area contributed by atoms with Crippen molar-refractivity contribution in [3.05, 3.63) is 65.7 Å². The summed E-state index contributed by atoms with van der Waals surface area (Å²) in [6.45, 7) is 2.63. The van der Waals surface area contributed by atoms with Crippen molar-refractivity contribution in [2.24, 2.45) is 10.9 Å². The van der Waals surface area contributed by atoms with Crippen LogP contribution in [0.5, 0.6) is 0 Å². The summed E-state index contributed by atoms with van der Waals surface area (Å²) in [5.41, 5.74) is 2.45. The number of benzene rings is 2. The highest BCUT2D eigenvalue weighted by Crippen LogP contribution is 2.21. The molecule has 1 fully saturated rings. The Kier molecular flexibility index (Phi) is 6.73. The maximum absolute atomic E-state index is 11.6. The number of likely N-dealkylation sites (tertiary alicyclic amines) is 1. The second-order valence-corrected chi connectivity index (χ2v) is 9.45. The van der Waals surface area contributed by atoms with Crippen LogP contribution in [-0.4, -0.2) is 45.7 Å². The lowest BCUT2D eigenvalue weighted by molar-refractivity contribution is 0.259. The van der Waals surface area contributed by atoms with Crippen LogP contribution in [0.2, 0.25) is 0 Å². The minimum Gasteiger partial charge on any atom is -0.352 e. The van der Waals surface area contributed by atoms with Gasteiger partial charge in [-0.3, -0.25) is 4.99 Å². The fraction of sp³-hybridized carbons (Fsp3) is 0.409. The Morgan fingerprint density at radius 2 is 1.68 bits per heavy atom. The third-order valence-corrected chi connectivity index (χ3v) is 6.42. The van der Waals surface area contributed by atoms with Gasteiger partial charge in [0.2, 0.25) is 0 Å². The SMILES string of the molecule is CN=C(NCc1ccc(S(C)(=O)=O)cc1)N1CCC(Cc2ccccc2)CC1. The molecule has 3 rings (SSSR count). The zero-order chi connectivity index (χ0) is 20.0. The van der Waals surface area contributed by atoms with Crippen molar-refractivity contribution in [3.63, 3.8) is 0 Å². The smallest absolute Gasteiger partial charge is 0.193 e. The molecule has 1 aliphatic rings. The molecule has 2 aromatic carbocycles. The van der Waals surface area contributed by atoms with E-state index in [1.54, 1.807) is 12.1 Å². The lowest BCUT2D eigenvalue weighted by Crippen LogP contribution is -2.45. The highest BCUT2D eigenvalue weighted by atomic mass is 32.2. The first kappa shape index (κ1) is 20.4. The van der Waals surface area contributed by atoms with Gasteiger partial charge in [0, 0.05) is 32.9 Å². The molecule has 0 saturated carbocycles. The Labute approximate surface area is 168 Å². The Bertz CT molecular complexity index is 885. The Morgan fingerprint density at radius 1 is 1.04 bits per heavy atom. The fourth-order valence-corrected chi connectivity index (χ4v) is 4.29. The first-order chi connectivity index (χ1) is 13.5. The molecule has 28 heavy (non-hydrogen) atoms. The Balaban J connectivity index is 1.49. The summed E-state index contributed by atoms with van der Waals surface area (Å²) in [5, 5.41) is 3.40. The molecule has 0 unspecified atom stereocenters. The van der Waals surface area contributed by atoms with Crippen molar-refractivity contribution in [2.45, 2.75) is 30.7 Å². The van der Waals surface area contributed by atoms with Gasteiger partial charge in [-0.05, 0) is 48.4 Å². The summed E-state index contributed by atoms with van der Waals surface area (Å²) in [4.78, 5) is 7.09. The van der Waals surface area contributed by atoms with E-state index in [9.17, 15) is 8.42 Å². The normalized spacial score (nSPS) is 16.2. The third kappa shape index (κ3) is 5.58. The Hall–Kier alpha value is -2.34. The Morgan fingerprint density at radius 3 is 2.25 bits per heavy atom.